The van der Waals surface area contributed by atoms with Crippen LogP contribution in [0, 0.1) is 0 Å². The van der Waals surface area contributed by atoms with Gasteiger partial charge < -0.3 is 10.1 Å². The van der Waals surface area contributed by atoms with Crippen LogP contribution in [0.5, 0.6) is 5.75 Å². The minimum atomic E-state index is -0.473. The zero-order valence-electron chi connectivity index (χ0n) is 13.1. The fraction of sp³-hybridized carbons (Fsp3) is 0.125. The molecule has 0 unspecified atom stereocenters. The van der Waals surface area contributed by atoms with Gasteiger partial charge in [0, 0.05) is 29.8 Å². The molecule has 0 aliphatic carbocycles. The summed E-state index contributed by atoms with van der Waals surface area (Å²) in [5, 5.41) is 9.86. The highest BCUT2D eigenvalue weighted by Gasteiger charge is 2.10. The number of nitrogens with zero attached hydrogens (tertiary/aromatic N) is 4. The summed E-state index contributed by atoms with van der Waals surface area (Å²) < 4.78 is 7.48. The van der Waals surface area contributed by atoms with E-state index in [0.717, 1.165) is 0 Å². The molecule has 0 aliphatic heterocycles. The van der Waals surface area contributed by atoms with E-state index in [1.807, 2.05) is 12.3 Å². The number of ether oxygens (including phenoxy) is 1. The largest absolute Gasteiger partial charge is 0.489 e. The van der Waals surface area contributed by atoms with E-state index < -0.39 is 6.03 Å². The second kappa shape index (κ2) is 8.11. The van der Waals surface area contributed by atoms with Gasteiger partial charge in [0.25, 0.3) is 0 Å². The first-order chi connectivity index (χ1) is 12.2. The van der Waals surface area contributed by atoms with Gasteiger partial charge in [0.2, 0.25) is 0 Å². The highest BCUT2D eigenvalue weighted by atomic mass is 35.5. The Morgan fingerprint density at radius 3 is 2.92 bits per heavy atom. The summed E-state index contributed by atoms with van der Waals surface area (Å²) >= 11 is 6.01. The van der Waals surface area contributed by atoms with Crippen LogP contribution in [0.4, 0.5) is 16.3 Å². The van der Waals surface area contributed by atoms with Crippen molar-refractivity contribution in [1.82, 2.24) is 19.7 Å². The number of hydrogen-bond donors (Lipinski definition) is 2. The molecule has 0 saturated carbocycles. The van der Waals surface area contributed by atoms with Crippen LogP contribution in [0.1, 0.15) is 0 Å². The smallest absolute Gasteiger partial charge is 0.325 e. The minimum absolute atomic E-state index is 0.336. The molecule has 0 saturated heterocycles. The van der Waals surface area contributed by atoms with Gasteiger partial charge in [-0.2, -0.15) is 5.10 Å². The second-order valence-electron chi connectivity index (χ2n) is 4.93. The average molecular weight is 359 g/mol. The molecule has 2 amide bonds. The van der Waals surface area contributed by atoms with E-state index in [4.69, 9.17) is 16.3 Å². The first-order valence-electron chi connectivity index (χ1n) is 7.44. The Labute approximate surface area is 148 Å². The molecular weight excluding hydrogens is 344 g/mol. The molecule has 8 nitrogen and oxygen atoms in total. The molecule has 128 valence electrons. The van der Waals surface area contributed by atoms with E-state index in [9.17, 15) is 4.79 Å². The highest BCUT2D eigenvalue weighted by Crippen LogP contribution is 2.28. The lowest BCUT2D eigenvalue weighted by molar-refractivity contribution is 0.261. The molecule has 0 atom stereocenters. The number of nitrogens with one attached hydrogen (secondary N) is 2. The maximum Gasteiger partial charge on any atom is 0.325 e. The normalized spacial score (nSPS) is 10.3. The predicted molar refractivity (Wildman–Crippen MR) is 93.8 cm³/mol. The summed E-state index contributed by atoms with van der Waals surface area (Å²) in [6, 6.07) is 6.37. The molecular formula is C16H15ClN6O2. The molecule has 2 heterocycles. The van der Waals surface area contributed by atoms with Crippen molar-refractivity contribution in [1.29, 1.82) is 0 Å². The molecule has 0 aliphatic rings. The fourth-order valence-corrected chi connectivity index (χ4v) is 2.21. The Morgan fingerprint density at radius 1 is 1.24 bits per heavy atom. The third-order valence-corrected chi connectivity index (χ3v) is 3.37. The van der Waals surface area contributed by atoms with Gasteiger partial charge in [0.15, 0.2) is 5.82 Å². The molecule has 1 aromatic carbocycles. The van der Waals surface area contributed by atoms with Crippen LogP contribution >= 0.6 is 11.6 Å². The van der Waals surface area contributed by atoms with Crippen molar-refractivity contribution in [3.05, 3.63) is 60.3 Å². The molecule has 0 spiro atoms. The molecule has 0 fully saturated rings. The fourth-order valence-electron chi connectivity index (χ4n) is 2.04. The number of carbonyl (C=O) groups excluding carboxylic acids is 1. The van der Waals surface area contributed by atoms with Crippen LogP contribution in [0.3, 0.4) is 0 Å². The van der Waals surface area contributed by atoms with Gasteiger partial charge >= 0.3 is 6.03 Å². The number of carbonyl (C=O) groups is 1. The first-order valence-corrected chi connectivity index (χ1v) is 7.82. The van der Waals surface area contributed by atoms with E-state index in [0.29, 0.717) is 35.4 Å². The molecule has 0 radical (unpaired) electrons. The van der Waals surface area contributed by atoms with Crippen LogP contribution in [0.25, 0.3) is 0 Å². The van der Waals surface area contributed by atoms with Crippen LogP contribution in [-0.2, 0) is 6.54 Å². The van der Waals surface area contributed by atoms with Gasteiger partial charge in [-0.3, -0.25) is 15.0 Å². The Hall–Kier alpha value is -3.13. The molecule has 9 heteroatoms. The molecule has 3 rings (SSSR count). The maximum atomic E-state index is 12.1. The van der Waals surface area contributed by atoms with Crippen molar-refractivity contribution < 1.29 is 9.53 Å². The van der Waals surface area contributed by atoms with Crippen LogP contribution in [0.15, 0.2) is 55.2 Å². The summed E-state index contributed by atoms with van der Waals surface area (Å²) in [4.78, 5) is 20.0. The number of urea groups is 1. The molecule has 2 aromatic heterocycles. The summed E-state index contributed by atoms with van der Waals surface area (Å²) in [5.41, 5.74) is 0.453. The van der Waals surface area contributed by atoms with Gasteiger partial charge in [-0.05, 0) is 24.3 Å². The zero-order valence-corrected chi connectivity index (χ0v) is 13.8. The van der Waals surface area contributed by atoms with Gasteiger partial charge in [-0.1, -0.05) is 11.6 Å². The van der Waals surface area contributed by atoms with Crippen molar-refractivity contribution in [2.24, 2.45) is 0 Å². The highest BCUT2D eigenvalue weighted by molar-refractivity contribution is 6.31. The first kappa shape index (κ1) is 16.7. The summed E-state index contributed by atoms with van der Waals surface area (Å²) in [6.07, 6.45) is 7.99. The number of anilines is 2. The lowest BCUT2D eigenvalue weighted by atomic mass is 10.3. The third-order valence-electron chi connectivity index (χ3n) is 3.13. The van der Waals surface area contributed by atoms with E-state index >= 15 is 0 Å². The maximum absolute atomic E-state index is 12.1. The quantitative estimate of drug-likeness (QED) is 0.706. The Balaban J connectivity index is 1.63. The summed E-state index contributed by atoms with van der Waals surface area (Å²) in [6.45, 7) is 0.977. The monoisotopic (exact) mass is 358 g/mol. The van der Waals surface area contributed by atoms with Crippen molar-refractivity contribution in [3.8, 4) is 5.75 Å². The third kappa shape index (κ3) is 4.92. The number of rotatable bonds is 6. The molecule has 25 heavy (non-hydrogen) atoms. The van der Waals surface area contributed by atoms with Crippen molar-refractivity contribution in [3.63, 3.8) is 0 Å². The van der Waals surface area contributed by atoms with Crippen LogP contribution in [0.2, 0.25) is 5.02 Å². The SMILES string of the molecule is O=C(Nc1cnccn1)Nc1cc(Cl)ccc1OCCn1cccn1. The van der Waals surface area contributed by atoms with E-state index in [-0.39, 0.29) is 0 Å². The lowest BCUT2D eigenvalue weighted by Crippen LogP contribution is -2.21. The lowest BCUT2D eigenvalue weighted by Gasteiger charge is -2.13. The number of hydrogen-bond acceptors (Lipinski definition) is 5. The van der Waals surface area contributed by atoms with E-state index in [1.165, 1.54) is 18.6 Å². The summed E-state index contributed by atoms with van der Waals surface area (Å²) in [5.74, 6) is 0.842. The standard InChI is InChI=1S/C16H15ClN6O2/c17-12-2-3-14(25-9-8-23-7-1-4-20-23)13(10-12)21-16(24)22-15-11-18-5-6-19-15/h1-7,10-11H,8-9H2,(H2,19,21,22,24). The van der Waals surface area contributed by atoms with E-state index in [1.54, 1.807) is 29.1 Å². The zero-order chi connectivity index (χ0) is 17.5. The van der Waals surface area contributed by atoms with Gasteiger partial charge in [0.05, 0.1) is 18.4 Å². The molecule has 0 bridgehead atoms. The Kier molecular flexibility index (Phi) is 5.43. The molecule has 3 aromatic rings. The number of amides is 2. The number of halogens is 1. The topological polar surface area (TPSA) is 94.0 Å². The van der Waals surface area contributed by atoms with Crippen molar-refractivity contribution in [2.45, 2.75) is 6.54 Å². The second-order valence-corrected chi connectivity index (χ2v) is 5.36. The minimum Gasteiger partial charge on any atom is -0.489 e. The Bertz CT molecular complexity index is 826. The predicted octanol–water partition coefficient (Wildman–Crippen LogP) is 3.05. The van der Waals surface area contributed by atoms with Crippen LogP contribution < -0.4 is 15.4 Å². The number of benzene rings is 1. The molecule has 2 N–H and O–H groups in total. The van der Waals surface area contributed by atoms with Crippen molar-refractivity contribution >= 4 is 29.1 Å². The van der Waals surface area contributed by atoms with E-state index in [2.05, 4.69) is 25.7 Å². The van der Waals surface area contributed by atoms with Gasteiger partial charge in [0.1, 0.15) is 12.4 Å². The van der Waals surface area contributed by atoms with Gasteiger partial charge in [-0.15, -0.1) is 0 Å². The number of aromatic nitrogens is 4. The summed E-state index contributed by atoms with van der Waals surface area (Å²) in [7, 11) is 0. The van der Waals surface area contributed by atoms with Crippen LogP contribution in [-0.4, -0.2) is 32.4 Å². The Morgan fingerprint density at radius 2 is 2.16 bits per heavy atom. The van der Waals surface area contributed by atoms with Gasteiger partial charge in [-0.25, -0.2) is 9.78 Å². The van der Waals surface area contributed by atoms with Crippen molar-refractivity contribution in [2.75, 3.05) is 17.2 Å². The average Bonchev–Trinajstić information content (AvgIpc) is 3.11.